The molecule has 1 saturated heterocycles. The topological polar surface area (TPSA) is 99.8 Å². The lowest BCUT2D eigenvalue weighted by Crippen LogP contribution is -2.46. The second-order valence-corrected chi connectivity index (χ2v) is 5.45. The largest absolute Gasteiger partial charge is 0.475 e. The van der Waals surface area contributed by atoms with E-state index in [9.17, 15) is 13.2 Å². The van der Waals surface area contributed by atoms with Gasteiger partial charge in [-0.15, -0.1) is 0 Å². The zero-order valence-electron chi connectivity index (χ0n) is 8.92. The van der Waals surface area contributed by atoms with Gasteiger partial charge in [-0.2, -0.15) is 4.31 Å². The fraction of sp³-hybridized carbons (Fsp3) is 0.444. The van der Waals surface area contributed by atoms with Gasteiger partial charge in [-0.3, -0.25) is 0 Å². The van der Waals surface area contributed by atoms with Gasteiger partial charge < -0.3 is 14.8 Å². The molecule has 0 bridgehead atoms. The molecule has 2 N–H and O–H groups in total. The van der Waals surface area contributed by atoms with E-state index < -0.39 is 16.0 Å². The Bertz CT molecular complexity index is 515. The van der Waals surface area contributed by atoms with E-state index in [-0.39, 0.29) is 10.9 Å². The molecule has 0 amide bonds. The minimum absolute atomic E-state index is 0.322. The smallest absolute Gasteiger partial charge is 0.371 e. The van der Waals surface area contributed by atoms with Gasteiger partial charge in [0, 0.05) is 26.2 Å². The van der Waals surface area contributed by atoms with Gasteiger partial charge in [-0.1, -0.05) is 0 Å². The van der Waals surface area contributed by atoms with Crippen molar-refractivity contribution in [2.45, 2.75) is 5.09 Å². The molecule has 0 aliphatic carbocycles. The maximum absolute atomic E-state index is 12.0. The van der Waals surface area contributed by atoms with Crippen LogP contribution in [0.4, 0.5) is 0 Å². The fourth-order valence-corrected chi connectivity index (χ4v) is 2.94. The molecular weight excluding hydrogens is 248 g/mol. The lowest BCUT2D eigenvalue weighted by atomic mass is 10.4. The first-order valence-electron chi connectivity index (χ1n) is 5.06. The molecule has 1 aliphatic heterocycles. The predicted molar refractivity (Wildman–Crippen MR) is 57.3 cm³/mol. The normalized spacial score (nSPS) is 18.1. The van der Waals surface area contributed by atoms with Crippen molar-refractivity contribution in [2.24, 2.45) is 0 Å². The molecule has 94 valence electrons. The summed E-state index contributed by atoms with van der Waals surface area (Å²) in [6, 6.07) is 2.30. The van der Waals surface area contributed by atoms with E-state index in [0.29, 0.717) is 26.2 Å². The first-order chi connectivity index (χ1) is 8.01. The summed E-state index contributed by atoms with van der Waals surface area (Å²) in [6.07, 6.45) is 0. The van der Waals surface area contributed by atoms with Crippen LogP contribution in [0, 0.1) is 0 Å². The lowest BCUT2D eigenvalue weighted by molar-refractivity contribution is 0.0656. The van der Waals surface area contributed by atoms with E-state index in [1.54, 1.807) is 0 Å². The number of carboxylic acid groups (broad SMARTS) is 1. The molecule has 2 rings (SSSR count). The van der Waals surface area contributed by atoms with Gasteiger partial charge in [0.05, 0.1) is 0 Å². The summed E-state index contributed by atoms with van der Waals surface area (Å²) < 4.78 is 30.2. The molecular formula is C9H12N2O5S. The third-order valence-corrected chi connectivity index (χ3v) is 4.24. The zero-order valence-corrected chi connectivity index (χ0v) is 9.74. The SMILES string of the molecule is O=C(O)c1ccc(S(=O)(=O)N2CCNCC2)o1. The summed E-state index contributed by atoms with van der Waals surface area (Å²) in [5.41, 5.74) is 0. The second-order valence-electron chi connectivity index (χ2n) is 3.58. The Labute approximate surface area is 98.1 Å². The van der Waals surface area contributed by atoms with Crippen LogP contribution in [0.3, 0.4) is 0 Å². The molecule has 1 aromatic heterocycles. The van der Waals surface area contributed by atoms with Crippen LogP contribution in [0.5, 0.6) is 0 Å². The Morgan fingerprint density at radius 1 is 1.35 bits per heavy atom. The van der Waals surface area contributed by atoms with Crippen molar-refractivity contribution in [3.8, 4) is 0 Å². The van der Waals surface area contributed by atoms with E-state index in [4.69, 9.17) is 9.52 Å². The summed E-state index contributed by atoms with van der Waals surface area (Å²) >= 11 is 0. The monoisotopic (exact) mass is 260 g/mol. The molecule has 0 saturated carbocycles. The number of nitrogens with one attached hydrogen (secondary N) is 1. The van der Waals surface area contributed by atoms with Crippen molar-refractivity contribution in [1.82, 2.24) is 9.62 Å². The summed E-state index contributed by atoms with van der Waals surface area (Å²) in [5, 5.41) is 11.4. The van der Waals surface area contributed by atoms with Crippen LogP contribution in [-0.4, -0.2) is 50.0 Å². The number of hydrogen-bond donors (Lipinski definition) is 2. The Morgan fingerprint density at radius 3 is 2.53 bits per heavy atom. The molecule has 17 heavy (non-hydrogen) atoms. The summed E-state index contributed by atoms with van der Waals surface area (Å²) in [5.74, 6) is -1.66. The van der Waals surface area contributed by atoms with Crippen molar-refractivity contribution < 1.29 is 22.7 Å². The van der Waals surface area contributed by atoms with E-state index in [1.165, 1.54) is 10.4 Å². The van der Waals surface area contributed by atoms with Crippen molar-refractivity contribution in [2.75, 3.05) is 26.2 Å². The molecule has 7 nitrogen and oxygen atoms in total. The first kappa shape index (κ1) is 12.1. The Kier molecular flexibility index (Phi) is 3.18. The van der Waals surface area contributed by atoms with E-state index in [2.05, 4.69) is 5.32 Å². The third-order valence-electron chi connectivity index (χ3n) is 2.46. The number of carboxylic acids is 1. The molecule has 0 aromatic carbocycles. The Hall–Kier alpha value is -1.38. The van der Waals surface area contributed by atoms with Crippen LogP contribution in [0.25, 0.3) is 0 Å². The molecule has 8 heteroatoms. The minimum Gasteiger partial charge on any atom is -0.475 e. The Balaban J connectivity index is 2.27. The predicted octanol–water partition coefficient (Wildman–Crippen LogP) is -0.428. The molecule has 0 spiro atoms. The van der Waals surface area contributed by atoms with Crippen LogP contribution < -0.4 is 5.32 Å². The highest BCUT2D eigenvalue weighted by molar-refractivity contribution is 7.89. The van der Waals surface area contributed by atoms with Gasteiger partial charge in [0.15, 0.2) is 0 Å². The van der Waals surface area contributed by atoms with Crippen LogP contribution in [-0.2, 0) is 10.0 Å². The number of furan rings is 1. The van der Waals surface area contributed by atoms with Gasteiger partial charge in [-0.05, 0) is 12.1 Å². The number of hydrogen-bond acceptors (Lipinski definition) is 5. The maximum atomic E-state index is 12.0. The number of aromatic carboxylic acids is 1. The first-order valence-corrected chi connectivity index (χ1v) is 6.50. The maximum Gasteiger partial charge on any atom is 0.371 e. The fourth-order valence-electron chi connectivity index (χ4n) is 1.59. The number of rotatable bonds is 3. The van der Waals surface area contributed by atoms with Crippen LogP contribution in [0.15, 0.2) is 21.6 Å². The Morgan fingerprint density at radius 2 is 2.00 bits per heavy atom. The molecule has 0 unspecified atom stereocenters. The van der Waals surface area contributed by atoms with Crippen molar-refractivity contribution in [3.05, 3.63) is 17.9 Å². The van der Waals surface area contributed by atoms with Gasteiger partial charge in [-0.25, -0.2) is 13.2 Å². The van der Waals surface area contributed by atoms with Crippen molar-refractivity contribution in [1.29, 1.82) is 0 Å². The average Bonchev–Trinajstić information content (AvgIpc) is 2.80. The van der Waals surface area contributed by atoms with E-state index in [1.807, 2.05) is 0 Å². The summed E-state index contributed by atoms with van der Waals surface area (Å²) in [6.45, 7) is 1.86. The van der Waals surface area contributed by atoms with E-state index in [0.717, 1.165) is 6.07 Å². The number of piperazine rings is 1. The second kappa shape index (κ2) is 4.47. The van der Waals surface area contributed by atoms with Crippen LogP contribution in [0.1, 0.15) is 10.6 Å². The molecule has 1 aromatic rings. The number of sulfonamides is 1. The molecule has 2 heterocycles. The molecule has 0 radical (unpaired) electrons. The highest BCUT2D eigenvalue weighted by Gasteiger charge is 2.29. The van der Waals surface area contributed by atoms with Gasteiger partial charge in [0.2, 0.25) is 10.9 Å². The van der Waals surface area contributed by atoms with Crippen molar-refractivity contribution in [3.63, 3.8) is 0 Å². The number of nitrogens with zero attached hydrogens (tertiary/aromatic N) is 1. The quantitative estimate of drug-likeness (QED) is 0.765. The van der Waals surface area contributed by atoms with Gasteiger partial charge in [0.1, 0.15) is 0 Å². The van der Waals surface area contributed by atoms with E-state index >= 15 is 0 Å². The van der Waals surface area contributed by atoms with Gasteiger partial charge in [0.25, 0.3) is 10.0 Å². The van der Waals surface area contributed by atoms with Crippen LogP contribution in [0.2, 0.25) is 0 Å². The van der Waals surface area contributed by atoms with Crippen molar-refractivity contribution >= 4 is 16.0 Å². The molecule has 1 fully saturated rings. The highest BCUT2D eigenvalue weighted by atomic mass is 32.2. The summed E-state index contributed by atoms with van der Waals surface area (Å²) in [7, 11) is -3.71. The standard InChI is InChI=1S/C9H12N2O5S/c12-9(13)7-1-2-8(16-7)17(14,15)11-5-3-10-4-6-11/h1-2,10H,3-6H2,(H,12,13). The third kappa shape index (κ3) is 2.33. The molecule has 1 aliphatic rings. The molecule has 0 atom stereocenters. The summed E-state index contributed by atoms with van der Waals surface area (Å²) in [4.78, 5) is 10.6. The highest BCUT2D eigenvalue weighted by Crippen LogP contribution is 2.19. The van der Waals surface area contributed by atoms with Gasteiger partial charge >= 0.3 is 5.97 Å². The number of carbonyl (C=O) groups is 1. The average molecular weight is 260 g/mol. The zero-order chi connectivity index (χ0) is 12.5. The minimum atomic E-state index is -3.71. The lowest BCUT2D eigenvalue weighted by Gasteiger charge is -2.25. The van der Waals surface area contributed by atoms with Crippen LogP contribution >= 0.6 is 0 Å².